The number of hydrogen-bond acceptors (Lipinski definition) is 3. The number of nitriles is 1. The molecule has 0 bridgehead atoms. The maximum absolute atomic E-state index is 9.07. The van der Waals surface area contributed by atoms with Crippen molar-refractivity contribution in [3.63, 3.8) is 0 Å². The van der Waals surface area contributed by atoms with Crippen LogP contribution in [0.15, 0.2) is 66.7 Å². The molecule has 3 aromatic carbocycles. The Morgan fingerprint density at radius 3 is 2.56 bits per heavy atom. The molecule has 0 saturated carbocycles. The number of nitrogens with one attached hydrogen (secondary N) is 1. The second kappa shape index (κ2) is 7.55. The minimum atomic E-state index is 0.363. The van der Waals surface area contributed by atoms with E-state index in [1.54, 1.807) is 6.07 Å². The van der Waals surface area contributed by atoms with E-state index in [0.717, 1.165) is 40.9 Å². The van der Waals surface area contributed by atoms with Crippen molar-refractivity contribution in [2.24, 2.45) is 0 Å². The first-order valence-electron chi connectivity index (χ1n) is 8.29. The second-order valence-corrected chi connectivity index (χ2v) is 6.05. The molecule has 0 saturated heterocycles. The van der Waals surface area contributed by atoms with E-state index < -0.39 is 0 Å². The van der Waals surface area contributed by atoms with Gasteiger partial charge in [0.1, 0.15) is 5.75 Å². The first kappa shape index (κ1) is 16.6. The summed E-state index contributed by atoms with van der Waals surface area (Å²) in [6.45, 7) is 2.99. The lowest BCUT2D eigenvalue weighted by molar-refractivity contribution is 0.475. The Balaban J connectivity index is 0.000000157. The van der Waals surface area contributed by atoms with Crippen LogP contribution in [-0.2, 0) is 6.42 Å². The largest absolute Gasteiger partial charge is 0.508 e. The van der Waals surface area contributed by atoms with E-state index in [1.165, 1.54) is 5.56 Å². The first-order chi connectivity index (χ1) is 12.2. The normalized spacial score (nSPS) is 11.5. The monoisotopic (exact) mass is 328 g/mol. The molecule has 0 aromatic heterocycles. The highest BCUT2D eigenvalue weighted by molar-refractivity contribution is 5.70. The summed E-state index contributed by atoms with van der Waals surface area (Å²) in [5, 5.41) is 21.3. The number of rotatable bonds is 1. The molecule has 124 valence electrons. The fraction of sp³-hybridized carbons (Fsp3) is 0.136. The highest BCUT2D eigenvalue weighted by Crippen LogP contribution is 2.25. The van der Waals surface area contributed by atoms with Crippen LogP contribution in [0.5, 0.6) is 5.75 Å². The molecule has 0 unspecified atom stereocenters. The highest BCUT2D eigenvalue weighted by Gasteiger charge is 2.08. The Bertz CT molecular complexity index is 911. The van der Waals surface area contributed by atoms with Crippen molar-refractivity contribution < 1.29 is 5.11 Å². The van der Waals surface area contributed by atoms with Crippen molar-refractivity contribution in [3.8, 4) is 22.9 Å². The van der Waals surface area contributed by atoms with Gasteiger partial charge in [-0.2, -0.15) is 5.26 Å². The van der Waals surface area contributed by atoms with Crippen LogP contribution >= 0.6 is 0 Å². The van der Waals surface area contributed by atoms with Crippen molar-refractivity contribution in [2.75, 3.05) is 11.9 Å². The number of aryl methyl sites for hydroxylation is 1. The molecule has 1 heterocycles. The van der Waals surface area contributed by atoms with Gasteiger partial charge in [0, 0.05) is 12.2 Å². The standard InChI is InChI=1S/C14H11N.C8H9NO/c1-11-7-8-14(13(9-11)10-15)12-5-3-2-4-6-12;10-7-1-2-8-6(5-7)3-4-9-8/h2-9H,1H3;1-2,5,9-10H,3-4H2. The van der Waals surface area contributed by atoms with Crippen LogP contribution in [0.2, 0.25) is 0 Å². The molecule has 0 spiro atoms. The molecule has 0 aliphatic carbocycles. The van der Waals surface area contributed by atoms with Gasteiger partial charge in [-0.15, -0.1) is 0 Å². The van der Waals surface area contributed by atoms with Crippen molar-refractivity contribution in [1.82, 2.24) is 0 Å². The van der Waals surface area contributed by atoms with Gasteiger partial charge >= 0.3 is 0 Å². The number of fused-ring (bicyclic) bond motifs is 1. The summed E-state index contributed by atoms with van der Waals surface area (Å²) in [7, 11) is 0. The van der Waals surface area contributed by atoms with Gasteiger partial charge in [-0.1, -0.05) is 42.5 Å². The molecule has 3 nitrogen and oxygen atoms in total. The minimum Gasteiger partial charge on any atom is -0.508 e. The molecule has 0 amide bonds. The summed E-state index contributed by atoms with van der Waals surface area (Å²) in [6, 6.07) is 23.6. The summed E-state index contributed by atoms with van der Waals surface area (Å²) in [5.41, 5.74) is 6.34. The van der Waals surface area contributed by atoms with E-state index in [9.17, 15) is 0 Å². The number of phenolic OH excluding ortho intramolecular Hbond substituents is 1. The molecular formula is C22H20N2O. The van der Waals surface area contributed by atoms with Gasteiger partial charge in [0.25, 0.3) is 0 Å². The Morgan fingerprint density at radius 1 is 1.00 bits per heavy atom. The zero-order valence-corrected chi connectivity index (χ0v) is 14.2. The Hall–Kier alpha value is -3.25. The Labute approximate surface area is 148 Å². The fourth-order valence-electron chi connectivity index (χ4n) is 2.91. The van der Waals surface area contributed by atoms with Crippen molar-refractivity contribution in [1.29, 1.82) is 5.26 Å². The van der Waals surface area contributed by atoms with E-state index in [2.05, 4.69) is 11.4 Å². The van der Waals surface area contributed by atoms with E-state index in [-0.39, 0.29) is 0 Å². The predicted octanol–water partition coefficient (Wildman–Crippen LogP) is 4.89. The molecule has 0 atom stereocenters. The van der Waals surface area contributed by atoms with E-state index >= 15 is 0 Å². The predicted molar refractivity (Wildman–Crippen MR) is 102 cm³/mol. The van der Waals surface area contributed by atoms with E-state index in [1.807, 2.05) is 67.6 Å². The van der Waals surface area contributed by atoms with Gasteiger partial charge in [0.2, 0.25) is 0 Å². The number of benzene rings is 3. The van der Waals surface area contributed by atoms with Crippen LogP contribution in [0.4, 0.5) is 5.69 Å². The Kier molecular flexibility index (Phi) is 5.01. The summed E-state index contributed by atoms with van der Waals surface area (Å²) in [5.74, 6) is 0.363. The fourth-order valence-corrected chi connectivity index (χ4v) is 2.91. The average Bonchev–Trinajstić information content (AvgIpc) is 3.10. The molecular weight excluding hydrogens is 308 g/mol. The van der Waals surface area contributed by atoms with Gasteiger partial charge in [-0.05, 0) is 59.9 Å². The molecule has 3 heteroatoms. The van der Waals surface area contributed by atoms with Crippen LogP contribution < -0.4 is 5.32 Å². The van der Waals surface area contributed by atoms with Gasteiger partial charge < -0.3 is 10.4 Å². The van der Waals surface area contributed by atoms with Gasteiger partial charge in [-0.3, -0.25) is 0 Å². The summed E-state index contributed by atoms with van der Waals surface area (Å²) in [4.78, 5) is 0. The number of anilines is 1. The molecule has 0 fully saturated rings. The van der Waals surface area contributed by atoms with Crippen LogP contribution in [0, 0.1) is 18.3 Å². The zero-order chi connectivity index (χ0) is 17.6. The minimum absolute atomic E-state index is 0.363. The van der Waals surface area contributed by atoms with E-state index in [0.29, 0.717) is 5.75 Å². The lowest BCUT2D eigenvalue weighted by atomic mass is 9.99. The number of aromatic hydroxyl groups is 1. The van der Waals surface area contributed by atoms with Crippen LogP contribution in [0.3, 0.4) is 0 Å². The first-order valence-corrected chi connectivity index (χ1v) is 8.29. The zero-order valence-electron chi connectivity index (χ0n) is 14.2. The maximum Gasteiger partial charge on any atom is 0.116 e. The quantitative estimate of drug-likeness (QED) is 0.625. The van der Waals surface area contributed by atoms with Crippen LogP contribution in [0.1, 0.15) is 16.7 Å². The lowest BCUT2D eigenvalue weighted by Crippen LogP contribution is -1.90. The number of hydrogen-bond donors (Lipinski definition) is 2. The average molecular weight is 328 g/mol. The van der Waals surface area contributed by atoms with Crippen molar-refractivity contribution >= 4 is 5.69 Å². The third-order valence-corrected chi connectivity index (χ3v) is 4.18. The summed E-state index contributed by atoms with van der Waals surface area (Å²) >= 11 is 0. The topological polar surface area (TPSA) is 56.0 Å². The van der Waals surface area contributed by atoms with Gasteiger partial charge in [0.05, 0.1) is 11.6 Å². The van der Waals surface area contributed by atoms with Crippen LogP contribution in [0.25, 0.3) is 11.1 Å². The molecule has 3 aromatic rings. The highest BCUT2D eigenvalue weighted by atomic mass is 16.3. The third kappa shape index (κ3) is 3.99. The van der Waals surface area contributed by atoms with Gasteiger partial charge in [-0.25, -0.2) is 0 Å². The lowest BCUT2D eigenvalue weighted by Gasteiger charge is -2.04. The third-order valence-electron chi connectivity index (χ3n) is 4.18. The Morgan fingerprint density at radius 2 is 1.80 bits per heavy atom. The van der Waals surface area contributed by atoms with Crippen molar-refractivity contribution in [3.05, 3.63) is 83.4 Å². The van der Waals surface area contributed by atoms with Crippen LogP contribution in [-0.4, -0.2) is 11.7 Å². The molecule has 1 aliphatic rings. The molecule has 1 aliphatic heterocycles. The van der Waals surface area contributed by atoms with Crippen molar-refractivity contribution in [2.45, 2.75) is 13.3 Å². The molecule has 0 radical (unpaired) electrons. The second-order valence-electron chi connectivity index (χ2n) is 6.05. The van der Waals surface area contributed by atoms with Gasteiger partial charge in [0.15, 0.2) is 0 Å². The molecule has 4 rings (SSSR count). The number of phenols is 1. The summed E-state index contributed by atoms with van der Waals surface area (Å²) in [6.07, 6.45) is 1.03. The van der Waals surface area contributed by atoms with E-state index in [4.69, 9.17) is 10.4 Å². The smallest absolute Gasteiger partial charge is 0.116 e. The summed E-state index contributed by atoms with van der Waals surface area (Å²) < 4.78 is 0. The SMILES string of the molecule is Cc1ccc(-c2ccccc2)c(C#N)c1.Oc1ccc2c(c1)CCN2. The molecule has 2 N–H and O–H groups in total. The number of nitrogens with zero attached hydrogens (tertiary/aromatic N) is 1. The molecule has 25 heavy (non-hydrogen) atoms. The maximum atomic E-state index is 9.07.